The van der Waals surface area contributed by atoms with Crippen molar-refractivity contribution in [3.05, 3.63) is 35.4 Å². The molecule has 2 N–H and O–H groups in total. The maximum atomic E-state index is 12.6. The Hall–Kier alpha value is -2.42. The summed E-state index contributed by atoms with van der Waals surface area (Å²) in [4.78, 5) is 11.5. The van der Waals surface area contributed by atoms with E-state index in [4.69, 9.17) is 17.3 Å². The quantitative estimate of drug-likeness (QED) is 0.746. The number of alkyl halides is 3. The highest BCUT2D eigenvalue weighted by Crippen LogP contribution is 2.32. The summed E-state index contributed by atoms with van der Waals surface area (Å²) in [6, 6.07) is 0.780. The first-order valence-electron chi connectivity index (χ1n) is 5.55. The monoisotopic (exact) mass is 314 g/mol. The highest BCUT2D eigenvalue weighted by Gasteiger charge is 2.32. The average Bonchev–Trinajstić information content (AvgIpc) is 2.83. The molecule has 0 saturated carbocycles. The third-order valence-corrected chi connectivity index (χ3v) is 3.02. The van der Waals surface area contributed by atoms with Crippen molar-refractivity contribution in [1.82, 2.24) is 24.7 Å². The van der Waals surface area contributed by atoms with Crippen molar-refractivity contribution in [1.29, 1.82) is 0 Å². The standard InChI is InChI=1S/C11H6ClF3N6/c12-7-1-5(11(13,14)15)2-17-10(7)21-9-6(3-20-21)8(16)18-4-19-9/h1-4H,(H2,16,18,19). The number of nitrogens with two attached hydrogens (primary N) is 1. The summed E-state index contributed by atoms with van der Waals surface area (Å²) >= 11 is 5.87. The molecule has 0 aromatic carbocycles. The number of pyridine rings is 1. The van der Waals surface area contributed by atoms with Crippen LogP contribution in [0, 0.1) is 0 Å². The zero-order chi connectivity index (χ0) is 15.2. The Labute approximate surface area is 120 Å². The topological polar surface area (TPSA) is 82.5 Å². The highest BCUT2D eigenvalue weighted by molar-refractivity contribution is 6.32. The first kappa shape index (κ1) is 13.6. The van der Waals surface area contributed by atoms with Crippen molar-refractivity contribution in [3.63, 3.8) is 0 Å². The summed E-state index contributed by atoms with van der Waals surface area (Å²) in [5.74, 6) is 0.229. The van der Waals surface area contributed by atoms with E-state index in [9.17, 15) is 13.2 Å². The summed E-state index contributed by atoms with van der Waals surface area (Å²) in [5.41, 5.74) is 5.02. The lowest BCUT2D eigenvalue weighted by Gasteiger charge is -2.09. The molecule has 3 aromatic rings. The molecule has 21 heavy (non-hydrogen) atoms. The van der Waals surface area contributed by atoms with Crippen LogP contribution in [-0.4, -0.2) is 24.7 Å². The number of nitrogens with zero attached hydrogens (tertiary/aromatic N) is 5. The van der Waals surface area contributed by atoms with Gasteiger partial charge in [0.2, 0.25) is 0 Å². The van der Waals surface area contributed by atoms with E-state index in [2.05, 4.69) is 20.1 Å². The molecule has 3 rings (SSSR count). The molecule has 3 aromatic heterocycles. The maximum Gasteiger partial charge on any atom is 0.417 e. The molecule has 0 amide bonds. The molecule has 6 nitrogen and oxygen atoms in total. The van der Waals surface area contributed by atoms with E-state index in [0.29, 0.717) is 17.2 Å². The van der Waals surface area contributed by atoms with Gasteiger partial charge in [-0.25, -0.2) is 15.0 Å². The fourth-order valence-electron chi connectivity index (χ4n) is 1.76. The Morgan fingerprint density at radius 2 is 1.90 bits per heavy atom. The van der Waals surface area contributed by atoms with Gasteiger partial charge in [-0.05, 0) is 6.07 Å². The molecule has 0 aliphatic carbocycles. The van der Waals surface area contributed by atoms with E-state index in [1.165, 1.54) is 17.2 Å². The largest absolute Gasteiger partial charge is 0.417 e. The van der Waals surface area contributed by atoms with Gasteiger partial charge < -0.3 is 5.73 Å². The second-order valence-electron chi connectivity index (χ2n) is 4.08. The van der Waals surface area contributed by atoms with Crippen molar-refractivity contribution in [3.8, 4) is 5.82 Å². The van der Waals surface area contributed by atoms with Crippen LogP contribution >= 0.6 is 11.6 Å². The Bertz CT molecular complexity index is 828. The van der Waals surface area contributed by atoms with Gasteiger partial charge in [0.25, 0.3) is 0 Å². The summed E-state index contributed by atoms with van der Waals surface area (Å²) in [6.07, 6.45) is -1.23. The van der Waals surface area contributed by atoms with E-state index in [1.54, 1.807) is 0 Å². The SMILES string of the molecule is Nc1ncnc2c1cnn2-c1ncc(C(F)(F)F)cc1Cl. The van der Waals surface area contributed by atoms with Crippen LogP contribution in [0.25, 0.3) is 16.9 Å². The fourth-order valence-corrected chi connectivity index (χ4v) is 2.01. The van der Waals surface area contributed by atoms with Crippen molar-refractivity contribution in [2.24, 2.45) is 0 Å². The highest BCUT2D eigenvalue weighted by atomic mass is 35.5. The summed E-state index contributed by atoms with van der Waals surface area (Å²) in [5, 5.41) is 4.24. The van der Waals surface area contributed by atoms with Gasteiger partial charge in [-0.1, -0.05) is 11.6 Å². The number of nitrogen functional groups attached to an aromatic ring is 1. The third kappa shape index (κ3) is 2.25. The number of hydrogen-bond donors (Lipinski definition) is 1. The molecule has 0 spiro atoms. The van der Waals surface area contributed by atoms with Crippen LogP contribution in [0.2, 0.25) is 5.02 Å². The van der Waals surface area contributed by atoms with Crippen LogP contribution < -0.4 is 5.73 Å². The number of hydrogen-bond acceptors (Lipinski definition) is 5. The average molecular weight is 315 g/mol. The van der Waals surface area contributed by atoms with Crippen LogP contribution in [0.3, 0.4) is 0 Å². The molecule has 10 heteroatoms. The Morgan fingerprint density at radius 1 is 1.14 bits per heavy atom. The zero-order valence-corrected chi connectivity index (χ0v) is 10.9. The molecule has 0 fully saturated rings. The first-order valence-corrected chi connectivity index (χ1v) is 5.93. The van der Waals surface area contributed by atoms with Gasteiger partial charge in [0.15, 0.2) is 11.5 Å². The number of halogens is 4. The summed E-state index contributed by atoms with van der Waals surface area (Å²) in [6.45, 7) is 0. The zero-order valence-electron chi connectivity index (χ0n) is 10.1. The van der Waals surface area contributed by atoms with E-state index >= 15 is 0 Å². The lowest BCUT2D eigenvalue weighted by atomic mass is 10.3. The number of rotatable bonds is 1. The van der Waals surface area contributed by atoms with Gasteiger partial charge in [0.05, 0.1) is 22.2 Å². The minimum Gasteiger partial charge on any atom is -0.383 e. The van der Waals surface area contributed by atoms with Gasteiger partial charge in [0.1, 0.15) is 12.1 Å². The van der Waals surface area contributed by atoms with Crippen LogP contribution in [-0.2, 0) is 6.18 Å². The van der Waals surface area contributed by atoms with Crippen molar-refractivity contribution < 1.29 is 13.2 Å². The number of anilines is 1. The molecule has 108 valence electrons. The molecule has 3 heterocycles. The molecule has 0 radical (unpaired) electrons. The van der Waals surface area contributed by atoms with Gasteiger partial charge in [-0.15, -0.1) is 0 Å². The van der Waals surface area contributed by atoms with E-state index in [1.807, 2.05) is 0 Å². The van der Waals surface area contributed by atoms with Crippen LogP contribution in [0.4, 0.5) is 19.0 Å². The normalized spacial score (nSPS) is 12.0. The molecule has 0 bridgehead atoms. The van der Waals surface area contributed by atoms with Crippen LogP contribution in [0.15, 0.2) is 24.8 Å². The third-order valence-electron chi connectivity index (χ3n) is 2.75. The Kier molecular flexibility index (Phi) is 2.94. The summed E-state index contributed by atoms with van der Waals surface area (Å²) in [7, 11) is 0. The molecular weight excluding hydrogens is 309 g/mol. The van der Waals surface area contributed by atoms with Crippen molar-refractivity contribution in [2.45, 2.75) is 6.18 Å². The Morgan fingerprint density at radius 3 is 2.57 bits per heavy atom. The van der Waals surface area contributed by atoms with Gasteiger partial charge in [-0.2, -0.15) is 23.0 Å². The van der Waals surface area contributed by atoms with Crippen molar-refractivity contribution in [2.75, 3.05) is 5.73 Å². The van der Waals surface area contributed by atoms with Crippen LogP contribution in [0.5, 0.6) is 0 Å². The van der Waals surface area contributed by atoms with Gasteiger partial charge in [0, 0.05) is 6.20 Å². The number of fused-ring (bicyclic) bond motifs is 1. The predicted molar refractivity (Wildman–Crippen MR) is 68.9 cm³/mol. The van der Waals surface area contributed by atoms with E-state index < -0.39 is 11.7 Å². The molecule has 0 aliphatic rings. The number of aromatic nitrogens is 5. The van der Waals surface area contributed by atoms with Gasteiger partial charge in [-0.3, -0.25) is 0 Å². The first-order chi connectivity index (χ1) is 9.88. The summed E-state index contributed by atoms with van der Waals surface area (Å²) < 4.78 is 39.0. The lowest BCUT2D eigenvalue weighted by Crippen LogP contribution is -2.08. The minimum atomic E-state index is -4.52. The molecule has 0 unspecified atom stereocenters. The molecule has 0 aliphatic heterocycles. The molecule has 0 saturated heterocycles. The van der Waals surface area contributed by atoms with Gasteiger partial charge >= 0.3 is 6.18 Å². The molecular formula is C11H6ClF3N6. The minimum absolute atomic E-state index is 0.0257. The van der Waals surface area contributed by atoms with E-state index in [0.717, 1.165) is 6.07 Å². The smallest absolute Gasteiger partial charge is 0.383 e. The lowest BCUT2D eigenvalue weighted by molar-refractivity contribution is -0.137. The maximum absolute atomic E-state index is 12.6. The second-order valence-corrected chi connectivity index (χ2v) is 4.49. The van der Waals surface area contributed by atoms with Crippen LogP contribution in [0.1, 0.15) is 5.56 Å². The predicted octanol–water partition coefficient (Wildman–Crippen LogP) is 2.46. The Balaban J connectivity index is 2.18. The van der Waals surface area contributed by atoms with Crippen molar-refractivity contribution >= 4 is 28.5 Å². The second kappa shape index (κ2) is 4.55. The molecule has 0 atom stereocenters. The fraction of sp³-hybridized carbons (Fsp3) is 0.0909. The van der Waals surface area contributed by atoms with E-state index in [-0.39, 0.29) is 16.7 Å².